The summed E-state index contributed by atoms with van der Waals surface area (Å²) in [6.45, 7) is 0. The summed E-state index contributed by atoms with van der Waals surface area (Å²) < 4.78 is 0. The van der Waals surface area contributed by atoms with Crippen molar-refractivity contribution in [3.8, 4) is 0 Å². The Labute approximate surface area is 629 Å². The van der Waals surface area contributed by atoms with Crippen molar-refractivity contribution in [2.45, 2.75) is 0 Å². The van der Waals surface area contributed by atoms with Gasteiger partial charge < -0.3 is 29.4 Å². The third-order valence-electron chi connectivity index (χ3n) is 20.9. The summed E-state index contributed by atoms with van der Waals surface area (Å²) in [5, 5.41) is 13.7. The maximum absolute atomic E-state index is 2.49. The molecule has 0 radical (unpaired) electrons. The summed E-state index contributed by atoms with van der Waals surface area (Å²) in [5.41, 5.74) is 19.0. The van der Waals surface area contributed by atoms with E-state index in [1.54, 1.807) is 0 Å². The molecule has 19 rings (SSSR count). The molecule has 0 saturated heterocycles. The summed E-state index contributed by atoms with van der Waals surface area (Å²) in [7, 11) is 0. The molecule has 0 amide bonds. The van der Waals surface area contributed by atoms with Crippen LogP contribution in [0.4, 0.5) is 102 Å². The summed E-state index contributed by atoms with van der Waals surface area (Å²) in [6.07, 6.45) is 0. The second-order valence-corrected chi connectivity index (χ2v) is 27.2. The van der Waals surface area contributed by atoms with E-state index in [1.165, 1.54) is 43.1 Å². The van der Waals surface area contributed by atoms with E-state index in [0.29, 0.717) is 0 Å². The van der Waals surface area contributed by atoms with Crippen molar-refractivity contribution in [2.75, 3.05) is 29.4 Å². The molecule has 0 atom stereocenters. The van der Waals surface area contributed by atoms with Gasteiger partial charge in [0.1, 0.15) is 0 Å². The van der Waals surface area contributed by atoms with E-state index < -0.39 is 0 Å². The molecule has 0 unspecified atom stereocenters. The average Bonchev–Trinajstić information content (AvgIpc) is 0.720. The van der Waals surface area contributed by atoms with Crippen LogP contribution in [0.25, 0.3) is 64.6 Å². The second kappa shape index (κ2) is 28.3. The number of anilines is 18. The largest absolute Gasteiger partial charge is 0.310 e. The molecule has 0 aliphatic carbocycles. The molecule has 0 fully saturated rings. The van der Waals surface area contributed by atoms with E-state index in [1.807, 2.05) is 0 Å². The number of hydrogen-bond acceptors (Lipinski definition) is 6. The number of hydrogen-bond donors (Lipinski definition) is 0. The monoisotopic (exact) mass is 1380 g/mol. The predicted octanol–water partition coefficient (Wildman–Crippen LogP) is 29.4. The van der Waals surface area contributed by atoms with Gasteiger partial charge in [0.15, 0.2) is 0 Å². The van der Waals surface area contributed by atoms with Crippen molar-refractivity contribution >= 4 is 167 Å². The lowest BCUT2D eigenvalue weighted by molar-refractivity contribution is 1.26. The van der Waals surface area contributed by atoms with Crippen LogP contribution in [-0.2, 0) is 0 Å². The number of fused-ring (bicyclic) bond motifs is 6. The van der Waals surface area contributed by atoms with Gasteiger partial charge in [-0.05, 0) is 191 Å². The van der Waals surface area contributed by atoms with Crippen molar-refractivity contribution < 1.29 is 0 Å². The van der Waals surface area contributed by atoms with Gasteiger partial charge in [0.2, 0.25) is 0 Å². The van der Waals surface area contributed by atoms with Gasteiger partial charge in [-0.2, -0.15) is 0 Å². The Balaban J connectivity index is 0.822. The van der Waals surface area contributed by atoms with Gasteiger partial charge in [0, 0.05) is 111 Å². The summed E-state index contributed by atoms with van der Waals surface area (Å²) in [4.78, 5) is 14.5. The Morgan fingerprint density at radius 2 is 0.250 bits per heavy atom. The molecule has 0 N–H and O–H groups in total. The minimum atomic E-state index is 1.00. The molecule has 0 aliphatic rings. The SMILES string of the molecule is c1ccc(N(c2ccc(N(c3ccc(N(c4ccccc4)c4cccc5ccccc45)cc3)c3c4ccccc4c(N(c4ccc(N(c5ccccc5)c5cccc6ccccc56)cc4)c4ccc(N(c5ccccc5)c5cccc6ccccc56)cc4)c4ccccc34)cc2)c2cccc3ccccc23)cc1. The van der Waals surface area contributed by atoms with Gasteiger partial charge in [-0.25, -0.2) is 0 Å². The Morgan fingerprint density at radius 1 is 0.102 bits per heavy atom. The molecule has 19 aromatic carbocycles. The predicted molar refractivity (Wildman–Crippen MR) is 460 cm³/mol. The first-order chi connectivity index (χ1) is 53.6. The lowest BCUT2D eigenvalue weighted by atomic mass is 9.95. The van der Waals surface area contributed by atoms with Crippen molar-refractivity contribution in [1.29, 1.82) is 0 Å². The van der Waals surface area contributed by atoms with Crippen LogP contribution in [0, 0.1) is 0 Å². The lowest BCUT2D eigenvalue weighted by Gasteiger charge is -2.34. The van der Waals surface area contributed by atoms with E-state index >= 15 is 0 Å². The molecule has 108 heavy (non-hydrogen) atoms. The van der Waals surface area contributed by atoms with E-state index in [4.69, 9.17) is 0 Å². The van der Waals surface area contributed by atoms with Gasteiger partial charge in [-0.15, -0.1) is 0 Å². The molecule has 6 nitrogen and oxygen atoms in total. The van der Waals surface area contributed by atoms with Crippen LogP contribution in [0.2, 0.25) is 0 Å². The van der Waals surface area contributed by atoms with E-state index in [2.05, 4.69) is 466 Å². The third-order valence-corrected chi connectivity index (χ3v) is 20.9. The topological polar surface area (TPSA) is 19.4 Å². The van der Waals surface area contributed by atoms with Crippen LogP contribution in [0.15, 0.2) is 437 Å². The number of rotatable bonds is 18. The first-order valence-corrected chi connectivity index (χ1v) is 36.9. The molecular weight excluding hydrogens is 1310 g/mol. The van der Waals surface area contributed by atoms with Crippen molar-refractivity contribution in [2.24, 2.45) is 0 Å². The Morgan fingerprint density at radius 3 is 0.454 bits per heavy atom. The summed E-state index contributed by atoms with van der Waals surface area (Å²) >= 11 is 0. The van der Waals surface area contributed by atoms with E-state index in [0.717, 1.165) is 124 Å². The molecule has 0 bridgehead atoms. The van der Waals surface area contributed by atoms with Crippen LogP contribution >= 0.6 is 0 Å². The van der Waals surface area contributed by atoms with Gasteiger partial charge >= 0.3 is 0 Å². The van der Waals surface area contributed by atoms with Gasteiger partial charge in [-0.1, -0.05) is 267 Å². The highest BCUT2D eigenvalue weighted by atomic mass is 15.2. The molecule has 0 saturated carbocycles. The molecule has 19 aromatic rings. The fourth-order valence-electron chi connectivity index (χ4n) is 16.0. The highest BCUT2D eigenvalue weighted by Gasteiger charge is 2.29. The zero-order valence-electron chi connectivity index (χ0n) is 59.3. The average molecular weight is 1380 g/mol. The smallest absolute Gasteiger partial charge is 0.0619 e. The van der Waals surface area contributed by atoms with E-state index in [9.17, 15) is 0 Å². The third kappa shape index (κ3) is 11.9. The molecule has 0 spiro atoms. The highest BCUT2D eigenvalue weighted by Crippen LogP contribution is 2.54. The molecule has 0 aliphatic heterocycles. The Kier molecular flexibility index (Phi) is 16.9. The molecular formula is C102H72N6. The first-order valence-electron chi connectivity index (χ1n) is 36.9. The molecule has 0 aromatic heterocycles. The lowest BCUT2D eigenvalue weighted by Crippen LogP contribution is -2.16. The first kappa shape index (κ1) is 64.4. The zero-order chi connectivity index (χ0) is 71.7. The Hall–Kier alpha value is -14.5. The molecule has 0 heterocycles. The van der Waals surface area contributed by atoms with Gasteiger partial charge in [0.25, 0.3) is 0 Å². The van der Waals surface area contributed by atoms with Crippen molar-refractivity contribution in [3.63, 3.8) is 0 Å². The molecule has 510 valence electrons. The summed E-state index contributed by atoms with van der Waals surface area (Å²) in [5.74, 6) is 0. The van der Waals surface area contributed by atoms with Crippen LogP contribution in [0.3, 0.4) is 0 Å². The van der Waals surface area contributed by atoms with Crippen LogP contribution in [0.5, 0.6) is 0 Å². The number of benzene rings is 19. The Bertz CT molecular complexity index is 5630. The van der Waals surface area contributed by atoms with Gasteiger partial charge in [0.05, 0.1) is 34.1 Å². The van der Waals surface area contributed by atoms with Crippen LogP contribution in [-0.4, -0.2) is 0 Å². The summed E-state index contributed by atoms with van der Waals surface area (Å²) in [6, 6.07) is 159. The van der Waals surface area contributed by atoms with Crippen LogP contribution in [0.1, 0.15) is 0 Å². The highest BCUT2D eigenvalue weighted by molar-refractivity contribution is 6.23. The van der Waals surface area contributed by atoms with Crippen molar-refractivity contribution in [3.05, 3.63) is 437 Å². The minimum Gasteiger partial charge on any atom is -0.310 e. The maximum Gasteiger partial charge on any atom is 0.0619 e. The fourth-order valence-corrected chi connectivity index (χ4v) is 16.0. The normalized spacial score (nSPS) is 11.3. The standard InChI is InChI=1S/C102H72N6/c1-5-37-77(38-6-1)103(97-53-25-33-73-29-13-17-45-89(73)97)81-57-65-85(66-58-81)107(86-67-59-82(60-68-86)104(78-39-7-2-8-40-78)98-54-26-34-74-30-14-18-46-90(74)98)101-93-49-21-23-51-95(93)102(96-52-24-22-50-94(96)101)108(87-69-61-83(62-70-87)105(79-41-9-3-10-42-79)99-55-27-35-75-31-15-19-47-91(75)99)88-71-63-84(64-72-88)106(80-43-11-4-12-44-80)100-56-28-36-76-32-16-20-48-92(76)100/h1-72H. The maximum atomic E-state index is 2.49. The zero-order valence-corrected chi connectivity index (χ0v) is 59.3. The van der Waals surface area contributed by atoms with E-state index in [-0.39, 0.29) is 0 Å². The second-order valence-electron chi connectivity index (χ2n) is 27.2. The fraction of sp³-hybridized carbons (Fsp3) is 0. The van der Waals surface area contributed by atoms with Crippen molar-refractivity contribution in [1.82, 2.24) is 0 Å². The minimum absolute atomic E-state index is 1.00. The van der Waals surface area contributed by atoms with Crippen LogP contribution < -0.4 is 29.4 Å². The number of nitrogens with zero attached hydrogens (tertiary/aromatic N) is 6. The van der Waals surface area contributed by atoms with Gasteiger partial charge in [-0.3, -0.25) is 0 Å². The molecule has 6 heteroatoms. The number of para-hydroxylation sites is 4. The quantitative estimate of drug-likeness (QED) is 0.0625.